The molecule has 10 heteroatoms. The highest BCUT2D eigenvalue weighted by atomic mass is 32.2. The fraction of sp³-hybridized carbons (Fsp3) is 0.433. The number of urea groups is 1. The summed E-state index contributed by atoms with van der Waals surface area (Å²) in [5, 5.41) is 9.48. The van der Waals surface area contributed by atoms with Crippen LogP contribution in [0, 0.1) is 0 Å². The van der Waals surface area contributed by atoms with E-state index in [1.165, 1.54) is 0 Å². The van der Waals surface area contributed by atoms with Crippen LogP contribution in [0.25, 0.3) is 22.8 Å². The van der Waals surface area contributed by atoms with Gasteiger partial charge < -0.3 is 20.7 Å². The van der Waals surface area contributed by atoms with Crippen LogP contribution in [0.2, 0.25) is 0 Å². The number of carbonyl (C=O) groups is 2. The Morgan fingerprint density at radius 2 is 1.68 bits per heavy atom. The predicted octanol–water partition coefficient (Wildman–Crippen LogP) is 4.60. The number of rotatable bonds is 14. The van der Waals surface area contributed by atoms with Crippen molar-refractivity contribution in [2.24, 2.45) is 0 Å². The summed E-state index contributed by atoms with van der Waals surface area (Å²) in [5.41, 5.74) is 3.06. The monoisotopic (exact) mass is 560 g/mol. The van der Waals surface area contributed by atoms with E-state index in [2.05, 4.69) is 25.9 Å². The number of amides is 3. The highest BCUT2D eigenvalue weighted by Crippen LogP contribution is 2.33. The molecular formula is C30H36N6O3S. The molecule has 0 radical (unpaired) electrons. The van der Waals surface area contributed by atoms with Crippen LogP contribution in [0.5, 0.6) is 5.75 Å². The molecule has 0 unspecified atom stereocenters. The quantitative estimate of drug-likeness (QED) is 0.195. The van der Waals surface area contributed by atoms with E-state index in [1.54, 1.807) is 12.4 Å². The minimum atomic E-state index is -0.0481. The van der Waals surface area contributed by atoms with Crippen molar-refractivity contribution in [2.75, 3.05) is 18.9 Å². The number of hydrogen-bond donors (Lipinski definition) is 3. The molecular weight excluding hydrogens is 524 g/mol. The van der Waals surface area contributed by atoms with Crippen molar-refractivity contribution in [3.05, 3.63) is 60.9 Å². The maximum absolute atomic E-state index is 12.2. The standard InChI is InChI=1S/C30H36N6O3S/c37-28(13-3-2-12-27-29-26(20-40-27)35-30(38)36-29)33-16-6-1-9-17-39-21-18-24(22-10-4-7-14-31-22)34-25(19-21)23-11-5-8-15-32-23/h4-5,7-8,10-11,14-15,18-19,26-27,29H,1-3,6,9,12-13,16-17,20H2,(H,33,37)(H2,35,36,38)/t26-,27-,29-/m0/s1. The normalized spacial score (nSPS) is 19.5. The van der Waals surface area contributed by atoms with Gasteiger partial charge in [-0.3, -0.25) is 14.8 Å². The van der Waals surface area contributed by atoms with E-state index in [1.807, 2.05) is 60.3 Å². The smallest absolute Gasteiger partial charge is 0.315 e. The average Bonchev–Trinajstić information content (AvgIpc) is 3.54. The maximum atomic E-state index is 12.2. The van der Waals surface area contributed by atoms with E-state index in [0.717, 1.165) is 72.8 Å². The fourth-order valence-electron chi connectivity index (χ4n) is 5.06. The minimum Gasteiger partial charge on any atom is -0.493 e. The number of unbranched alkanes of at least 4 members (excludes halogenated alkanes) is 3. The number of pyridine rings is 3. The van der Waals surface area contributed by atoms with Gasteiger partial charge in [-0.05, 0) is 56.4 Å². The molecule has 3 amide bonds. The molecule has 210 valence electrons. The first-order chi connectivity index (χ1) is 19.7. The molecule has 9 nitrogen and oxygen atoms in total. The van der Waals surface area contributed by atoms with Crippen molar-refractivity contribution in [1.29, 1.82) is 0 Å². The van der Waals surface area contributed by atoms with Crippen molar-refractivity contribution in [3.63, 3.8) is 0 Å². The van der Waals surface area contributed by atoms with Crippen molar-refractivity contribution in [2.45, 2.75) is 62.3 Å². The lowest BCUT2D eigenvalue weighted by Crippen LogP contribution is -2.36. The third kappa shape index (κ3) is 7.71. The van der Waals surface area contributed by atoms with Crippen molar-refractivity contribution in [3.8, 4) is 28.5 Å². The number of fused-ring (bicyclic) bond motifs is 1. The first-order valence-electron chi connectivity index (χ1n) is 14.1. The molecule has 0 spiro atoms. The Labute approximate surface area is 239 Å². The van der Waals surface area contributed by atoms with E-state index >= 15 is 0 Å². The molecule has 2 aliphatic heterocycles. The molecule has 5 rings (SSSR count). The lowest BCUT2D eigenvalue weighted by Gasteiger charge is -2.16. The molecule has 3 aromatic heterocycles. The van der Waals surface area contributed by atoms with E-state index in [9.17, 15) is 9.59 Å². The molecule has 2 saturated heterocycles. The molecule has 0 aromatic carbocycles. The van der Waals surface area contributed by atoms with Crippen LogP contribution in [-0.4, -0.2) is 63.1 Å². The van der Waals surface area contributed by atoms with Gasteiger partial charge in [0.05, 0.1) is 41.5 Å². The predicted molar refractivity (Wildman–Crippen MR) is 157 cm³/mol. The number of nitrogens with zero attached hydrogens (tertiary/aromatic N) is 3. The van der Waals surface area contributed by atoms with Gasteiger partial charge in [-0.25, -0.2) is 9.78 Å². The first kappa shape index (κ1) is 27.9. The number of hydrogen-bond acceptors (Lipinski definition) is 7. The molecule has 2 aliphatic rings. The zero-order valence-corrected chi connectivity index (χ0v) is 23.4. The molecule has 0 aliphatic carbocycles. The zero-order valence-electron chi connectivity index (χ0n) is 22.6. The number of thioether (sulfide) groups is 1. The molecule has 3 atom stereocenters. The Morgan fingerprint density at radius 1 is 0.925 bits per heavy atom. The summed E-state index contributed by atoms with van der Waals surface area (Å²) in [7, 11) is 0. The van der Waals surface area contributed by atoms with Gasteiger partial charge >= 0.3 is 6.03 Å². The second-order valence-electron chi connectivity index (χ2n) is 10.1. The Balaban J connectivity index is 0.978. The van der Waals surface area contributed by atoms with Gasteiger partial charge in [0.1, 0.15) is 5.75 Å². The second kappa shape index (κ2) is 14.1. The van der Waals surface area contributed by atoms with Crippen LogP contribution in [0.3, 0.4) is 0 Å². The van der Waals surface area contributed by atoms with Crippen LogP contribution in [0.15, 0.2) is 60.9 Å². The Hall–Kier alpha value is -3.66. The molecule has 5 heterocycles. The number of carbonyl (C=O) groups excluding carboxylic acids is 2. The van der Waals surface area contributed by atoms with Crippen molar-refractivity contribution >= 4 is 23.7 Å². The van der Waals surface area contributed by atoms with Crippen molar-refractivity contribution < 1.29 is 14.3 Å². The minimum absolute atomic E-state index is 0.0481. The second-order valence-corrected chi connectivity index (χ2v) is 11.4. The number of aromatic nitrogens is 3. The molecule has 3 N–H and O–H groups in total. The van der Waals surface area contributed by atoms with Crippen molar-refractivity contribution in [1.82, 2.24) is 30.9 Å². The Kier molecular flexibility index (Phi) is 9.84. The first-order valence-corrected chi connectivity index (χ1v) is 15.1. The van der Waals surface area contributed by atoms with Crippen LogP contribution in [0.1, 0.15) is 44.9 Å². The van der Waals surface area contributed by atoms with E-state index in [4.69, 9.17) is 9.72 Å². The summed E-state index contributed by atoms with van der Waals surface area (Å²) in [6, 6.07) is 15.8. The molecule has 0 bridgehead atoms. The summed E-state index contributed by atoms with van der Waals surface area (Å²) in [6.07, 6.45) is 9.74. The molecule has 3 aromatic rings. The molecule has 2 fully saturated rings. The fourth-order valence-corrected chi connectivity index (χ4v) is 6.61. The van der Waals surface area contributed by atoms with E-state index in [-0.39, 0.29) is 24.0 Å². The van der Waals surface area contributed by atoms with Crippen LogP contribution in [0.4, 0.5) is 4.79 Å². The van der Waals surface area contributed by atoms with E-state index < -0.39 is 0 Å². The number of nitrogens with one attached hydrogen (secondary N) is 3. The number of ether oxygens (including phenoxy) is 1. The maximum Gasteiger partial charge on any atom is 0.315 e. The summed E-state index contributed by atoms with van der Waals surface area (Å²) in [4.78, 5) is 37.3. The van der Waals surface area contributed by atoms with Crippen LogP contribution in [-0.2, 0) is 4.79 Å². The van der Waals surface area contributed by atoms with Crippen LogP contribution < -0.4 is 20.7 Å². The largest absolute Gasteiger partial charge is 0.493 e. The lowest BCUT2D eigenvalue weighted by molar-refractivity contribution is -0.121. The topological polar surface area (TPSA) is 118 Å². The Morgan fingerprint density at radius 3 is 2.38 bits per heavy atom. The summed E-state index contributed by atoms with van der Waals surface area (Å²) < 4.78 is 6.09. The van der Waals surface area contributed by atoms with E-state index in [0.29, 0.717) is 24.8 Å². The molecule has 40 heavy (non-hydrogen) atoms. The summed E-state index contributed by atoms with van der Waals surface area (Å²) >= 11 is 1.92. The summed E-state index contributed by atoms with van der Waals surface area (Å²) in [6.45, 7) is 1.26. The van der Waals surface area contributed by atoms with Gasteiger partial charge in [-0.1, -0.05) is 18.6 Å². The highest BCUT2D eigenvalue weighted by Gasteiger charge is 2.42. The van der Waals surface area contributed by atoms with Gasteiger partial charge in [0.15, 0.2) is 0 Å². The van der Waals surface area contributed by atoms with Gasteiger partial charge in [0.25, 0.3) is 0 Å². The Bertz CT molecular complexity index is 1210. The zero-order chi connectivity index (χ0) is 27.6. The van der Waals surface area contributed by atoms with Crippen LogP contribution >= 0.6 is 11.8 Å². The SMILES string of the molecule is O=C(CCCC[C@@H]1SC[C@@H]2NC(=O)N[C@@H]21)NCCCCCOc1cc(-c2ccccn2)nc(-c2ccccn2)c1. The van der Waals surface area contributed by atoms with Gasteiger partial charge in [-0.2, -0.15) is 11.8 Å². The third-order valence-electron chi connectivity index (χ3n) is 7.15. The average molecular weight is 561 g/mol. The van der Waals surface area contributed by atoms with Gasteiger partial charge in [-0.15, -0.1) is 0 Å². The van der Waals surface area contributed by atoms with Gasteiger partial charge in [0, 0.05) is 48.5 Å². The lowest BCUT2D eigenvalue weighted by atomic mass is 10.0. The highest BCUT2D eigenvalue weighted by molar-refractivity contribution is 8.00. The van der Waals surface area contributed by atoms with Gasteiger partial charge in [0.2, 0.25) is 5.91 Å². The molecule has 0 saturated carbocycles. The third-order valence-corrected chi connectivity index (χ3v) is 8.65. The summed E-state index contributed by atoms with van der Waals surface area (Å²) in [5.74, 6) is 1.83.